The first-order chi connectivity index (χ1) is 8.61. The van der Waals surface area contributed by atoms with Gasteiger partial charge in [0, 0.05) is 25.3 Å². The monoisotopic (exact) mass is 267 g/mol. The number of rotatable bonds is 3. The Hall–Kier alpha value is -0.980. The molecular weight excluding hydrogens is 250 g/mol. The van der Waals surface area contributed by atoms with Gasteiger partial charge in [-0.2, -0.15) is 4.31 Å². The lowest BCUT2D eigenvalue weighted by atomic mass is 10.1. The van der Waals surface area contributed by atoms with Gasteiger partial charge in [0.2, 0.25) is 10.0 Å². The molecule has 1 aromatic heterocycles. The average molecular weight is 267 g/mol. The quantitative estimate of drug-likeness (QED) is 0.875. The summed E-state index contributed by atoms with van der Waals surface area (Å²) in [4.78, 5) is 4.35. The first kappa shape index (κ1) is 12.1. The highest BCUT2D eigenvalue weighted by Gasteiger charge is 2.44. The number of nitrogens with two attached hydrogens (primary N) is 1. The van der Waals surface area contributed by atoms with E-state index < -0.39 is 10.0 Å². The second-order valence-electron chi connectivity index (χ2n) is 5.10. The van der Waals surface area contributed by atoms with Crippen LogP contribution in [0.25, 0.3) is 0 Å². The van der Waals surface area contributed by atoms with E-state index >= 15 is 0 Å². The lowest BCUT2D eigenvalue weighted by Crippen LogP contribution is -2.37. The van der Waals surface area contributed by atoms with E-state index in [1.54, 1.807) is 16.4 Å². The molecule has 3 rings (SSSR count). The van der Waals surface area contributed by atoms with Crippen molar-refractivity contribution in [3.05, 3.63) is 24.0 Å². The predicted octanol–water partition coefficient (Wildman–Crippen LogP) is 0.713. The van der Waals surface area contributed by atoms with E-state index in [1.165, 1.54) is 12.6 Å². The summed E-state index contributed by atoms with van der Waals surface area (Å²) in [5.74, 6) is 0.557. The topological polar surface area (TPSA) is 76.3 Å². The van der Waals surface area contributed by atoms with Gasteiger partial charge in [0.25, 0.3) is 0 Å². The molecule has 2 atom stereocenters. The summed E-state index contributed by atoms with van der Waals surface area (Å²) in [6, 6.07) is 3.49. The van der Waals surface area contributed by atoms with Crippen LogP contribution < -0.4 is 5.73 Å². The number of fused-ring (bicyclic) bond motifs is 2. The molecule has 2 bridgehead atoms. The number of nitrogens with zero attached hydrogens (tertiary/aromatic N) is 2. The molecule has 1 saturated carbocycles. The standard InChI is InChI=1S/C12H17N3O2S/c13-6-10-2-4-12(7-14-10)18(16,17)15-8-9-1-3-11(15)5-9/h2,4,7,9,11H,1,3,5-6,8,13H2. The molecule has 1 saturated heterocycles. The van der Waals surface area contributed by atoms with Crippen molar-refractivity contribution in [2.24, 2.45) is 11.7 Å². The molecule has 5 nitrogen and oxygen atoms in total. The smallest absolute Gasteiger partial charge is 0.244 e. The Bertz CT molecular complexity index is 541. The normalized spacial score (nSPS) is 27.8. The fourth-order valence-electron chi connectivity index (χ4n) is 2.99. The lowest BCUT2D eigenvalue weighted by molar-refractivity contribution is 0.333. The first-order valence-electron chi connectivity index (χ1n) is 6.28. The summed E-state index contributed by atoms with van der Waals surface area (Å²) in [5.41, 5.74) is 6.16. The third-order valence-corrected chi connectivity index (χ3v) is 5.87. The van der Waals surface area contributed by atoms with Crippen molar-refractivity contribution < 1.29 is 8.42 Å². The van der Waals surface area contributed by atoms with Gasteiger partial charge in [0.1, 0.15) is 4.90 Å². The number of hydrogen-bond acceptors (Lipinski definition) is 4. The summed E-state index contributed by atoms with van der Waals surface area (Å²) in [6.07, 6.45) is 4.61. The van der Waals surface area contributed by atoms with Crippen LogP contribution in [0.2, 0.25) is 0 Å². The molecule has 2 unspecified atom stereocenters. The minimum atomic E-state index is -3.36. The van der Waals surface area contributed by atoms with Gasteiger partial charge in [-0.25, -0.2) is 8.42 Å². The summed E-state index contributed by atoms with van der Waals surface area (Å²) < 4.78 is 26.6. The molecule has 0 aromatic carbocycles. The van der Waals surface area contributed by atoms with Gasteiger partial charge < -0.3 is 5.73 Å². The molecule has 6 heteroatoms. The molecule has 18 heavy (non-hydrogen) atoms. The average Bonchev–Trinajstić information content (AvgIpc) is 3.01. The molecular formula is C12H17N3O2S. The third kappa shape index (κ3) is 1.84. The van der Waals surface area contributed by atoms with E-state index in [0.29, 0.717) is 24.7 Å². The van der Waals surface area contributed by atoms with E-state index in [4.69, 9.17) is 5.73 Å². The van der Waals surface area contributed by atoms with Crippen LogP contribution in [0.15, 0.2) is 23.2 Å². The van der Waals surface area contributed by atoms with Crippen molar-refractivity contribution in [3.63, 3.8) is 0 Å². The summed E-state index contributed by atoms with van der Waals surface area (Å²) in [5, 5.41) is 0. The molecule has 2 aliphatic rings. The Morgan fingerprint density at radius 1 is 1.39 bits per heavy atom. The van der Waals surface area contributed by atoms with Crippen LogP contribution in [0.1, 0.15) is 25.0 Å². The molecule has 98 valence electrons. The molecule has 0 radical (unpaired) electrons. The highest BCUT2D eigenvalue weighted by Crippen LogP contribution is 2.40. The molecule has 2 fully saturated rings. The summed E-state index contributed by atoms with van der Waals surface area (Å²) in [6.45, 7) is 1.00. The van der Waals surface area contributed by atoms with Crippen molar-refractivity contribution in [1.82, 2.24) is 9.29 Å². The Morgan fingerprint density at radius 3 is 2.72 bits per heavy atom. The second-order valence-corrected chi connectivity index (χ2v) is 6.99. The number of piperidine rings is 1. The third-order valence-electron chi connectivity index (χ3n) is 3.97. The SMILES string of the molecule is NCc1ccc(S(=O)(=O)N2CC3CCC2C3)cn1. The number of sulfonamides is 1. The molecule has 2 heterocycles. The van der Waals surface area contributed by atoms with Crippen molar-refractivity contribution in [2.45, 2.75) is 36.7 Å². The molecule has 0 amide bonds. The first-order valence-corrected chi connectivity index (χ1v) is 7.72. The van der Waals surface area contributed by atoms with Gasteiger partial charge in [0.05, 0.1) is 5.69 Å². The molecule has 1 aliphatic carbocycles. The van der Waals surface area contributed by atoms with E-state index in [1.807, 2.05) is 0 Å². The van der Waals surface area contributed by atoms with E-state index in [9.17, 15) is 8.42 Å². The number of aromatic nitrogens is 1. The van der Waals surface area contributed by atoms with E-state index in [-0.39, 0.29) is 10.9 Å². The van der Waals surface area contributed by atoms with Gasteiger partial charge in [-0.05, 0) is 37.3 Å². The lowest BCUT2D eigenvalue weighted by Gasteiger charge is -2.25. The maximum Gasteiger partial charge on any atom is 0.244 e. The Morgan fingerprint density at radius 2 is 2.22 bits per heavy atom. The minimum Gasteiger partial charge on any atom is -0.325 e. The largest absolute Gasteiger partial charge is 0.325 e. The Labute approximate surface area is 107 Å². The van der Waals surface area contributed by atoms with Crippen LogP contribution in [0.5, 0.6) is 0 Å². The highest BCUT2D eigenvalue weighted by atomic mass is 32.2. The van der Waals surface area contributed by atoms with Gasteiger partial charge in [-0.3, -0.25) is 4.98 Å². The molecule has 1 aromatic rings. The Balaban J connectivity index is 1.89. The number of pyridine rings is 1. The molecule has 0 spiro atoms. The zero-order valence-corrected chi connectivity index (χ0v) is 10.9. The van der Waals surface area contributed by atoms with Gasteiger partial charge in [-0.1, -0.05) is 0 Å². The maximum absolute atomic E-state index is 12.5. The minimum absolute atomic E-state index is 0.203. The summed E-state index contributed by atoms with van der Waals surface area (Å²) >= 11 is 0. The van der Waals surface area contributed by atoms with Crippen LogP contribution in [0, 0.1) is 5.92 Å². The van der Waals surface area contributed by atoms with Crippen LogP contribution in [-0.4, -0.2) is 30.3 Å². The van der Waals surface area contributed by atoms with Crippen molar-refractivity contribution >= 4 is 10.0 Å². The second kappa shape index (κ2) is 4.29. The fourth-order valence-corrected chi connectivity index (χ4v) is 4.68. The molecule has 2 N–H and O–H groups in total. The van der Waals surface area contributed by atoms with Crippen LogP contribution in [0.3, 0.4) is 0 Å². The van der Waals surface area contributed by atoms with Crippen molar-refractivity contribution in [3.8, 4) is 0 Å². The fraction of sp³-hybridized carbons (Fsp3) is 0.583. The van der Waals surface area contributed by atoms with E-state index in [2.05, 4.69) is 4.98 Å². The Kier molecular flexibility index (Phi) is 2.88. The van der Waals surface area contributed by atoms with Crippen LogP contribution in [-0.2, 0) is 16.6 Å². The highest BCUT2D eigenvalue weighted by molar-refractivity contribution is 7.89. The van der Waals surface area contributed by atoms with Gasteiger partial charge in [-0.15, -0.1) is 0 Å². The summed E-state index contributed by atoms with van der Waals surface area (Å²) in [7, 11) is -3.36. The maximum atomic E-state index is 12.5. The van der Waals surface area contributed by atoms with Crippen molar-refractivity contribution in [2.75, 3.05) is 6.54 Å². The molecule has 1 aliphatic heterocycles. The zero-order chi connectivity index (χ0) is 12.8. The van der Waals surface area contributed by atoms with Crippen LogP contribution in [0.4, 0.5) is 0 Å². The number of hydrogen-bond donors (Lipinski definition) is 1. The zero-order valence-electron chi connectivity index (χ0n) is 10.1. The van der Waals surface area contributed by atoms with Crippen molar-refractivity contribution in [1.29, 1.82) is 0 Å². The van der Waals surface area contributed by atoms with Crippen LogP contribution >= 0.6 is 0 Å². The van der Waals surface area contributed by atoms with Gasteiger partial charge >= 0.3 is 0 Å². The van der Waals surface area contributed by atoms with Gasteiger partial charge in [0.15, 0.2) is 0 Å². The van der Waals surface area contributed by atoms with E-state index in [0.717, 1.165) is 12.8 Å². The predicted molar refractivity (Wildman–Crippen MR) is 67.1 cm³/mol.